The van der Waals surface area contributed by atoms with Crippen molar-refractivity contribution in [1.29, 1.82) is 5.26 Å². The number of aromatic amines is 1. The van der Waals surface area contributed by atoms with Crippen LogP contribution in [0.15, 0.2) is 54.7 Å². The number of allylic oxidation sites excluding steroid dienone is 1. The largest absolute Gasteiger partial charge is 0.508 e. The Morgan fingerprint density at radius 1 is 1.28 bits per heavy atom. The molecule has 0 spiro atoms. The molecule has 0 atom stereocenters. The van der Waals surface area contributed by atoms with Gasteiger partial charge in [0.05, 0.1) is 5.57 Å². The lowest BCUT2D eigenvalue weighted by Gasteiger charge is -2.04. The summed E-state index contributed by atoms with van der Waals surface area (Å²) in [5, 5.41) is 22.2. The summed E-state index contributed by atoms with van der Waals surface area (Å²) in [6.45, 7) is 0.301. The van der Waals surface area contributed by atoms with Crippen molar-refractivity contribution >= 4 is 28.1 Å². The number of nitrogens with one attached hydrogen (secondary N) is 2. The van der Waals surface area contributed by atoms with E-state index in [9.17, 15) is 15.2 Å². The van der Waals surface area contributed by atoms with Gasteiger partial charge >= 0.3 is 0 Å². The predicted octanol–water partition coefficient (Wildman–Crippen LogP) is 2.68. The van der Waals surface area contributed by atoms with E-state index in [2.05, 4.69) is 16.4 Å². The van der Waals surface area contributed by atoms with Crippen molar-refractivity contribution in [3.8, 4) is 11.8 Å². The number of hydrogen-bond donors (Lipinski definition) is 4. The second-order valence-electron chi connectivity index (χ2n) is 5.56. The highest BCUT2D eigenvalue weighted by Gasteiger charge is 2.10. The van der Waals surface area contributed by atoms with Crippen LogP contribution in [0.25, 0.3) is 16.5 Å². The van der Waals surface area contributed by atoms with Crippen molar-refractivity contribution < 1.29 is 9.90 Å². The minimum absolute atomic E-state index is 0.167. The minimum Gasteiger partial charge on any atom is -0.508 e. The number of rotatable bonds is 4. The first-order chi connectivity index (χ1) is 12.1. The molecule has 0 unspecified atom stereocenters. The van der Waals surface area contributed by atoms with E-state index >= 15 is 0 Å². The quantitative estimate of drug-likeness (QED) is 0.334. The van der Waals surface area contributed by atoms with Gasteiger partial charge in [-0.3, -0.25) is 4.79 Å². The summed E-state index contributed by atoms with van der Waals surface area (Å²) in [7, 11) is 0. The summed E-state index contributed by atoms with van der Waals surface area (Å²) in [6, 6.07) is 13.9. The maximum absolute atomic E-state index is 12.1. The van der Waals surface area contributed by atoms with Crippen molar-refractivity contribution in [3.63, 3.8) is 0 Å². The molecule has 0 aliphatic heterocycles. The van der Waals surface area contributed by atoms with Gasteiger partial charge in [-0.25, -0.2) is 0 Å². The molecule has 5 N–H and O–H groups in total. The molecule has 3 rings (SSSR count). The summed E-state index contributed by atoms with van der Waals surface area (Å²) >= 11 is 0. The standard InChI is InChI=1S/C19H16N4O2/c20-9-13(17-11-22-18-6-3-14(21)8-16(17)18)7-19(25)23-10-12-1-4-15(24)5-2-12/h1-8,11,22,24H,10,21H2,(H,23,25). The third-order valence-corrected chi connectivity index (χ3v) is 3.79. The monoisotopic (exact) mass is 332 g/mol. The van der Waals surface area contributed by atoms with Gasteiger partial charge in [0.2, 0.25) is 5.91 Å². The second-order valence-corrected chi connectivity index (χ2v) is 5.56. The van der Waals surface area contributed by atoms with Crippen LogP contribution in [0.5, 0.6) is 5.75 Å². The number of amides is 1. The Morgan fingerprint density at radius 2 is 2.04 bits per heavy atom. The van der Waals surface area contributed by atoms with Crippen LogP contribution in [0.1, 0.15) is 11.1 Å². The van der Waals surface area contributed by atoms with Crippen molar-refractivity contribution in [2.75, 3.05) is 5.73 Å². The maximum atomic E-state index is 12.1. The molecular weight excluding hydrogens is 316 g/mol. The van der Waals surface area contributed by atoms with E-state index in [1.807, 2.05) is 6.07 Å². The Kier molecular flexibility index (Phi) is 4.40. The van der Waals surface area contributed by atoms with Gasteiger partial charge in [0, 0.05) is 41.0 Å². The summed E-state index contributed by atoms with van der Waals surface area (Å²) in [4.78, 5) is 15.2. The predicted molar refractivity (Wildman–Crippen MR) is 96.3 cm³/mol. The van der Waals surface area contributed by atoms with E-state index < -0.39 is 0 Å². The van der Waals surface area contributed by atoms with Crippen LogP contribution in [0.2, 0.25) is 0 Å². The third kappa shape index (κ3) is 3.62. The average molecular weight is 332 g/mol. The molecule has 1 aromatic heterocycles. The van der Waals surface area contributed by atoms with E-state index in [1.54, 1.807) is 42.6 Å². The highest BCUT2D eigenvalue weighted by Crippen LogP contribution is 2.26. The Morgan fingerprint density at radius 3 is 2.76 bits per heavy atom. The molecule has 0 aliphatic rings. The fourth-order valence-electron chi connectivity index (χ4n) is 2.52. The molecule has 124 valence electrons. The van der Waals surface area contributed by atoms with Crippen LogP contribution >= 0.6 is 0 Å². The summed E-state index contributed by atoms with van der Waals surface area (Å²) in [6.07, 6.45) is 2.96. The zero-order valence-electron chi connectivity index (χ0n) is 13.3. The van der Waals surface area contributed by atoms with Crippen molar-refractivity contribution in [2.24, 2.45) is 0 Å². The topological polar surface area (TPSA) is 115 Å². The van der Waals surface area contributed by atoms with Crippen molar-refractivity contribution in [1.82, 2.24) is 10.3 Å². The van der Waals surface area contributed by atoms with E-state index in [0.717, 1.165) is 16.5 Å². The Hall–Kier alpha value is -3.72. The molecule has 1 heterocycles. The number of benzene rings is 2. The van der Waals surface area contributed by atoms with Crippen molar-refractivity contribution in [2.45, 2.75) is 6.54 Å². The molecule has 0 fully saturated rings. The van der Waals surface area contributed by atoms with Gasteiger partial charge in [-0.1, -0.05) is 12.1 Å². The molecule has 0 bridgehead atoms. The fraction of sp³-hybridized carbons (Fsp3) is 0.0526. The molecule has 1 amide bonds. The van der Waals surface area contributed by atoms with Crippen LogP contribution in [0, 0.1) is 11.3 Å². The number of nitrogen functional groups attached to an aromatic ring is 1. The van der Waals surface area contributed by atoms with Crippen LogP contribution in [-0.2, 0) is 11.3 Å². The van der Waals surface area contributed by atoms with E-state index in [1.165, 1.54) is 6.08 Å². The van der Waals surface area contributed by atoms with Crippen LogP contribution in [0.4, 0.5) is 5.69 Å². The van der Waals surface area contributed by atoms with Crippen LogP contribution < -0.4 is 11.1 Å². The molecule has 6 heteroatoms. The molecule has 2 aromatic carbocycles. The first-order valence-corrected chi connectivity index (χ1v) is 7.61. The van der Waals surface area contributed by atoms with E-state index in [-0.39, 0.29) is 17.2 Å². The lowest BCUT2D eigenvalue weighted by molar-refractivity contribution is -0.116. The highest BCUT2D eigenvalue weighted by molar-refractivity contribution is 6.04. The van der Waals surface area contributed by atoms with E-state index in [4.69, 9.17) is 5.73 Å². The number of phenols is 1. The Labute approximate surface area is 144 Å². The number of aromatic hydroxyl groups is 1. The zero-order chi connectivity index (χ0) is 17.8. The second kappa shape index (κ2) is 6.81. The van der Waals surface area contributed by atoms with Gasteiger partial charge in [0.1, 0.15) is 11.8 Å². The third-order valence-electron chi connectivity index (χ3n) is 3.79. The van der Waals surface area contributed by atoms with Crippen molar-refractivity contribution in [3.05, 3.63) is 65.9 Å². The molecule has 0 radical (unpaired) electrons. The number of nitrogens with two attached hydrogens (primary N) is 1. The fourth-order valence-corrected chi connectivity index (χ4v) is 2.52. The van der Waals surface area contributed by atoms with Gasteiger partial charge in [-0.05, 0) is 35.9 Å². The average Bonchev–Trinajstić information content (AvgIpc) is 3.02. The Bertz CT molecular complexity index is 994. The van der Waals surface area contributed by atoms with Gasteiger partial charge in [0.15, 0.2) is 0 Å². The van der Waals surface area contributed by atoms with Crippen LogP contribution in [-0.4, -0.2) is 16.0 Å². The number of carbonyl (C=O) groups is 1. The lowest BCUT2D eigenvalue weighted by Crippen LogP contribution is -2.20. The summed E-state index contributed by atoms with van der Waals surface area (Å²) in [5.41, 5.74) is 8.96. The number of fused-ring (bicyclic) bond motifs is 1. The van der Waals surface area contributed by atoms with Gasteiger partial charge in [-0.2, -0.15) is 5.26 Å². The number of aromatic nitrogens is 1. The van der Waals surface area contributed by atoms with E-state index in [0.29, 0.717) is 17.8 Å². The van der Waals surface area contributed by atoms with Gasteiger partial charge in [-0.15, -0.1) is 0 Å². The highest BCUT2D eigenvalue weighted by atomic mass is 16.3. The first kappa shape index (κ1) is 16.1. The van der Waals surface area contributed by atoms with Crippen LogP contribution in [0.3, 0.4) is 0 Å². The molecule has 0 saturated carbocycles. The number of phenolic OH excluding ortho intramolecular Hbond substituents is 1. The normalized spacial score (nSPS) is 11.2. The molecule has 0 aliphatic carbocycles. The molecular formula is C19H16N4O2. The summed E-state index contributed by atoms with van der Waals surface area (Å²) in [5.74, 6) is -0.205. The lowest BCUT2D eigenvalue weighted by atomic mass is 10.0. The maximum Gasteiger partial charge on any atom is 0.245 e. The van der Waals surface area contributed by atoms with Gasteiger partial charge in [0.25, 0.3) is 0 Å². The number of anilines is 1. The van der Waals surface area contributed by atoms with Gasteiger partial charge < -0.3 is 21.1 Å². The number of nitrogens with zero attached hydrogens (tertiary/aromatic N) is 1. The molecule has 6 nitrogen and oxygen atoms in total. The number of hydrogen-bond acceptors (Lipinski definition) is 4. The molecule has 25 heavy (non-hydrogen) atoms. The molecule has 0 saturated heterocycles. The zero-order valence-corrected chi connectivity index (χ0v) is 13.3. The first-order valence-electron chi connectivity index (χ1n) is 7.61. The summed E-state index contributed by atoms with van der Waals surface area (Å²) < 4.78 is 0. The number of carbonyl (C=O) groups excluding carboxylic acids is 1. The SMILES string of the molecule is N#CC(=CC(=O)NCc1ccc(O)cc1)c1c[nH]c2ccc(N)cc12. The molecule has 3 aromatic rings. The number of nitriles is 1. The number of H-pyrrole nitrogens is 1. The Balaban J connectivity index is 1.79. The minimum atomic E-state index is -0.372. The smallest absolute Gasteiger partial charge is 0.245 e.